The molecule has 140 valence electrons. The Kier molecular flexibility index (Phi) is 7.43. The summed E-state index contributed by atoms with van der Waals surface area (Å²) in [5.41, 5.74) is 7.44. The first-order chi connectivity index (χ1) is 13.0. The summed E-state index contributed by atoms with van der Waals surface area (Å²) >= 11 is 0. The van der Waals surface area contributed by atoms with Crippen LogP contribution >= 0.6 is 0 Å². The molecule has 0 fully saturated rings. The fraction of sp³-hybridized carbons (Fsp3) is 0.238. The number of benzene rings is 2. The number of carbonyl (C=O) groups is 4. The van der Waals surface area contributed by atoms with Crippen molar-refractivity contribution in [3.8, 4) is 0 Å². The molecule has 2 rings (SSSR count). The molecule has 0 aromatic heterocycles. The van der Waals surface area contributed by atoms with Crippen molar-refractivity contribution in [1.29, 1.82) is 0 Å². The van der Waals surface area contributed by atoms with Crippen LogP contribution < -0.4 is 10.6 Å². The molecule has 0 unspecified atom stereocenters. The number of unbranched alkanes of at least 4 members (excludes halogenated alkanes) is 2. The molecule has 0 spiro atoms. The predicted molar refractivity (Wildman–Crippen MR) is 103 cm³/mol. The van der Waals surface area contributed by atoms with Gasteiger partial charge >= 0.3 is 0 Å². The van der Waals surface area contributed by atoms with Crippen LogP contribution in [0.15, 0.2) is 48.5 Å². The van der Waals surface area contributed by atoms with Crippen molar-refractivity contribution in [3.05, 3.63) is 59.7 Å². The van der Waals surface area contributed by atoms with Gasteiger partial charge in [0, 0.05) is 35.3 Å². The van der Waals surface area contributed by atoms with E-state index in [2.05, 4.69) is 0 Å². The second kappa shape index (κ2) is 10.0. The van der Waals surface area contributed by atoms with Gasteiger partial charge in [0.25, 0.3) is 0 Å². The number of hydrogen-bond acceptors (Lipinski definition) is 4. The Balaban J connectivity index is 2.17. The van der Waals surface area contributed by atoms with Crippen molar-refractivity contribution in [2.75, 3.05) is 4.90 Å². The lowest BCUT2D eigenvalue weighted by atomic mass is 10.1. The van der Waals surface area contributed by atoms with Crippen LogP contribution in [0.25, 0.3) is 0 Å². The molecule has 27 heavy (non-hydrogen) atoms. The maximum atomic E-state index is 12.8. The minimum absolute atomic E-state index is 0.105. The van der Waals surface area contributed by atoms with Gasteiger partial charge < -0.3 is 5.73 Å². The van der Waals surface area contributed by atoms with E-state index in [1.54, 1.807) is 53.4 Å². The van der Waals surface area contributed by atoms with E-state index >= 15 is 0 Å². The first-order valence-corrected chi connectivity index (χ1v) is 8.77. The van der Waals surface area contributed by atoms with Gasteiger partial charge in [0.2, 0.25) is 11.8 Å². The van der Waals surface area contributed by atoms with E-state index in [-0.39, 0.29) is 11.8 Å². The SMILES string of the molecule is NC(=O)CCCCCC(=O)N(c1ccc(C=O)cc1)c1ccc(C=O)cc1. The molecule has 0 aliphatic carbocycles. The number of rotatable bonds is 10. The van der Waals surface area contributed by atoms with Gasteiger partial charge in [0.15, 0.2) is 0 Å². The van der Waals surface area contributed by atoms with Crippen LogP contribution in [-0.4, -0.2) is 24.4 Å². The molecule has 0 heterocycles. The number of amides is 2. The van der Waals surface area contributed by atoms with E-state index in [4.69, 9.17) is 5.73 Å². The topological polar surface area (TPSA) is 97.5 Å². The van der Waals surface area contributed by atoms with Crippen LogP contribution in [0.3, 0.4) is 0 Å². The van der Waals surface area contributed by atoms with Gasteiger partial charge in [0.1, 0.15) is 12.6 Å². The fourth-order valence-corrected chi connectivity index (χ4v) is 2.71. The number of aldehydes is 2. The van der Waals surface area contributed by atoms with Crippen LogP contribution in [0.4, 0.5) is 11.4 Å². The maximum absolute atomic E-state index is 12.8. The molecule has 2 N–H and O–H groups in total. The summed E-state index contributed by atoms with van der Waals surface area (Å²) in [6.45, 7) is 0. The maximum Gasteiger partial charge on any atom is 0.231 e. The zero-order chi connectivity index (χ0) is 19.6. The Morgan fingerprint density at radius 3 is 1.59 bits per heavy atom. The Morgan fingerprint density at radius 1 is 0.741 bits per heavy atom. The number of hydrogen-bond donors (Lipinski definition) is 1. The molecular weight excluding hydrogens is 344 g/mol. The summed E-state index contributed by atoms with van der Waals surface area (Å²) in [6, 6.07) is 13.4. The molecule has 6 nitrogen and oxygen atoms in total. The Labute approximate surface area is 158 Å². The quantitative estimate of drug-likeness (QED) is 0.514. The summed E-state index contributed by atoms with van der Waals surface area (Å²) in [6.07, 6.45) is 4.14. The van der Waals surface area contributed by atoms with Crippen molar-refractivity contribution >= 4 is 35.8 Å². The smallest absolute Gasteiger partial charge is 0.231 e. The van der Waals surface area contributed by atoms with Crippen molar-refractivity contribution in [2.45, 2.75) is 32.1 Å². The molecule has 2 aromatic carbocycles. The zero-order valence-electron chi connectivity index (χ0n) is 15.0. The van der Waals surface area contributed by atoms with E-state index in [1.807, 2.05) is 0 Å². The third-order valence-electron chi connectivity index (χ3n) is 4.14. The molecule has 0 aliphatic heterocycles. The van der Waals surface area contributed by atoms with Crippen LogP contribution in [0.5, 0.6) is 0 Å². The van der Waals surface area contributed by atoms with Gasteiger partial charge in [-0.25, -0.2) is 0 Å². The fourth-order valence-electron chi connectivity index (χ4n) is 2.71. The van der Waals surface area contributed by atoms with E-state index in [1.165, 1.54) is 0 Å². The van der Waals surface area contributed by atoms with Gasteiger partial charge in [-0.3, -0.25) is 24.1 Å². The highest BCUT2D eigenvalue weighted by Crippen LogP contribution is 2.27. The van der Waals surface area contributed by atoms with Gasteiger partial charge in [-0.2, -0.15) is 0 Å². The lowest BCUT2D eigenvalue weighted by molar-refractivity contribution is -0.118. The monoisotopic (exact) mass is 366 g/mol. The first kappa shape index (κ1) is 20.0. The highest BCUT2D eigenvalue weighted by Gasteiger charge is 2.18. The number of carbonyl (C=O) groups excluding carboxylic acids is 4. The highest BCUT2D eigenvalue weighted by atomic mass is 16.2. The minimum atomic E-state index is -0.339. The number of nitrogens with zero attached hydrogens (tertiary/aromatic N) is 1. The van der Waals surface area contributed by atoms with Crippen LogP contribution in [0, 0.1) is 0 Å². The van der Waals surface area contributed by atoms with Gasteiger partial charge in [0.05, 0.1) is 0 Å². The molecular formula is C21H22N2O4. The summed E-state index contributed by atoms with van der Waals surface area (Å²) in [5.74, 6) is -0.444. The predicted octanol–water partition coefficient (Wildman–Crippen LogP) is 3.41. The molecule has 2 amide bonds. The summed E-state index contributed by atoms with van der Waals surface area (Å²) < 4.78 is 0. The van der Waals surface area contributed by atoms with Crippen molar-refractivity contribution in [2.24, 2.45) is 5.73 Å². The largest absolute Gasteiger partial charge is 0.370 e. The number of primary amides is 1. The lowest BCUT2D eigenvalue weighted by Crippen LogP contribution is -2.25. The van der Waals surface area contributed by atoms with Gasteiger partial charge in [-0.05, 0) is 61.4 Å². The Morgan fingerprint density at radius 2 is 1.19 bits per heavy atom. The van der Waals surface area contributed by atoms with Gasteiger partial charge in [-0.15, -0.1) is 0 Å². The normalized spacial score (nSPS) is 10.2. The lowest BCUT2D eigenvalue weighted by Gasteiger charge is -2.23. The first-order valence-electron chi connectivity index (χ1n) is 8.77. The Hall–Kier alpha value is -3.28. The molecule has 0 atom stereocenters. The third kappa shape index (κ3) is 5.88. The van der Waals surface area contributed by atoms with E-state index in [9.17, 15) is 19.2 Å². The molecule has 2 aromatic rings. The average molecular weight is 366 g/mol. The highest BCUT2D eigenvalue weighted by molar-refractivity contribution is 6.01. The molecule has 0 saturated heterocycles. The van der Waals surface area contributed by atoms with Crippen molar-refractivity contribution in [3.63, 3.8) is 0 Å². The number of anilines is 2. The standard InChI is InChI=1S/C21H22N2O4/c22-20(26)4-2-1-3-5-21(27)23(18-10-6-16(14-24)7-11-18)19-12-8-17(15-25)9-13-19/h6-15H,1-5H2,(H2,22,26). The average Bonchev–Trinajstić information content (AvgIpc) is 2.68. The van der Waals surface area contributed by atoms with Crippen LogP contribution in [0.1, 0.15) is 52.8 Å². The van der Waals surface area contributed by atoms with Crippen LogP contribution in [0.2, 0.25) is 0 Å². The molecule has 0 bridgehead atoms. The van der Waals surface area contributed by atoms with Crippen molar-refractivity contribution in [1.82, 2.24) is 0 Å². The summed E-state index contributed by atoms with van der Waals surface area (Å²) in [4.78, 5) is 46.9. The molecule has 0 aliphatic rings. The van der Waals surface area contributed by atoms with Gasteiger partial charge in [-0.1, -0.05) is 6.42 Å². The third-order valence-corrected chi connectivity index (χ3v) is 4.14. The van der Waals surface area contributed by atoms with Crippen molar-refractivity contribution < 1.29 is 19.2 Å². The minimum Gasteiger partial charge on any atom is -0.370 e. The zero-order valence-corrected chi connectivity index (χ0v) is 15.0. The summed E-state index contributed by atoms with van der Waals surface area (Å²) in [7, 11) is 0. The van der Waals surface area contributed by atoms with E-state index in [0.29, 0.717) is 48.2 Å². The van der Waals surface area contributed by atoms with E-state index in [0.717, 1.165) is 19.0 Å². The molecule has 0 radical (unpaired) electrons. The van der Waals surface area contributed by atoms with Crippen LogP contribution in [-0.2, 0) is 9.59 Å². The second-order valence-electron chi connectivity index (χ2n) is 6.17. The van der Waals surface area contributed by atoms with E-state index < -0.39 is 0 Å². The molecule has 0 saturated carbocycles. The Bertz CT molecular complexity index is 746. The summed E-state index contributed by atoms with van der Waals surface area (Å²) in [5, 5.41) is 0. The second-order valence-corrected chi connectivity index (χ2v) is 6.17. The molecule has 6 heteroatoms. The number of nitrogens with two attached hydrogens (primary N) is 1.